The highest BCUT2D eigenvalue weighted by Gasteiger charge is 2.06. The van der Waals surface area contributed by atoms with Crippen molar-refractivity contribution in [3.63, 3.8) is 0 Å². The fourth-order valence-corrected chi connectivity index (χ4v) is 2.83. The van der Waals surface area contributed by atoms with Gasteiger partial charge in [-0.05, 0) is 41.8 Å². The Morgan fingerprint density at radius 1 is 1.11 bits per heavy atom. The van der Waals surface area contributed by atoms with E-state index in [9.17, 15) is 9.50 Å². The SMILES string of the molecule is Oc1ccc(OCc2cc3cccc(F)c3s2)cc1. The van der Waals surface area contributed by atoms with Crippen LogP contribution in [0, 0.1) is 5.82 Å². The van der Waals surface area contributed by atoms with Crippen LogP contribution in [0.2, 0.25) is 0 Å². The van der Waals surface area contributed by atoms with Crippen molar-refractivity contribution in [1.29, 1.82) is 0 Å². The lowest BCUT2D eigenvalue weighted by molar-refractivity contribution is 0.309. The molecule has 2 nitrogen and oxygen atoms in total. The van der Waals surface area contributed by atoms with E-state index in [0.717, 1.165) is 10.3 Å². The molecular weight excluding hydrogens is 263 g/mol. The molecule has 96 valence electrons. The van der Waals surface area contributed by atoms with E-state index in [1.54, 1.807) is 30.3 Å². The molecule has 0 unspecified atom stereocenters. The van der Waals surface area contributed by atoms with Gasteiger partial charge in [0.05, 0.1) is 4.70 Å². The summed E-state index contributed by atoms with van der Waals surface area (Å²) < 4.78 is 19.8. The maximum Gasteiger partial charge on any atom is 0.140 e. The maximum absolute atomic E-state index is 13.5. The third kappa shape index (κ3) is 2.53. The molecule has 0 spiro atoms. The molecule has 0 fully saturated rings. The smallest absolute Gasteiger partial charge is 0.140 e. The van der Waals surface area contributed by atoms with Crippen LogP contribution in [0.4, 0.5) is 4.39 Å². The molecule has 1 N–H and O–H groups in total. The summed E-state index contributed by atoms with van der Waals surface area (Å²) in [6.45, 7) is 0.392. The zero-order chi connectivity index (χ0) is 13.2. The fraction of sp³-hybridized carbons (Fsp3) is 0.0667. The number of benzene rings is 2. The van der Waals surface area contributed by atoms with Crippen LogP contribution in [-0.4, -0.2) is 5.11 Å². The molecule has 0 bridgehead atoms. The average molecular weight is 274 g/mol. The minimum Gasteiger partial charge on any atom is -0.508 e. The van der Waals surface area contributed by atoms with Crippen LogP contribution in [0.5, 0.6) is 11.5 Å². The zero-order valence-electron chi connectivity index (χ0n) is 9.97. The summed E-state index contributed by atoms with van der Waals surface area (Å²) in [6, 6.07) is 13.5. The molecule has 0 saturated carbocycles. The Morgan fingerprint density at radius 2 is 1.89 bits per heavy atom. The number of halogens is 1. The minimum absolute atomic E-state index is 0.196. The van der Waals surface area contributed by atoms with Gasteiger partial charge in [0.25, 0.3) is 0 Å². The Kier molecular flexibility index (Phi) is 3.09. The largest absolute Gasteiger partial charge is 0.508 e. The molecule has 0 atom stereocenters. The molecule has 0 radical (unpaired) electrons. The topological polar surface area (TPSA) is 29.5 Å². The first-order chi connectivity index (χ1) is 9.22. The molecule has 0 aliphatic rings. The zero-order valence-corrected chi connectivity index (χ0v) is 10.8. The molecule has 4 heteroatoms. The second-order valence-electron chi connectivity index (χ2n) is 4.15. The molecule has 0 amide bonds. The lowest BCUT2D eigenvalue weighted by Gasteiger charge is -2.03. The third-order valence-electron chi connectivity index (χ3n) is 2.76. The van der Waals surface area contributed by atoms with E-state index >= 15 is 0 Å². The number of rotatable bonds is 3. The summed E-state index contributed by atoms with van der Waals surface area (Å²) in [5, 5.41) is 10.1. The fourth-order valence-electron chi connectivity index (χ4n) is 1.85. The van der Waals surface area contributed by atoms with Crippen LogP contribution in [-0.2, 0) is 6.61 Å². The number of phenolic OH excluding ortho intramolecular Hbond substituents is 1. The van der Waals surface area contributed by atoms with Gasteiger partial charge in [0.1, 0.15) is 23.9 Å². The molecule has 1 heterocycles. The average Bonchev–Trinajstić information content (AvgIpc) is 2.83. The van der Waals surface area contributed by atoms with Crippen LogP contribution in [0.25, 0.3) is 10.1 Å². The first-order valence-corrected chi connectivity index (χ1v) is 6.63. The van der Waals surface area contributed by atoms with Gasteiger partial charge in [0.15, 0.2) is 0 Å². The van der Waals surface area contributed by atoms with Gasteiger partial charge in [-0.1, -0.05) is 12.1 Å². The summed E-state index contributed by atoms with van der Waals surface area (Å²) in [6.07, 6.45) is 0. The van der Waals surface area contributed by atoms with Crippen LogP contribution in [0.15, 0.2) is 48.5 Å². The first-order valence-electron chi connectivity index (χ1n) is 5.81. The molecule has 0 aliphatic heterocycles. The van der Waals surface area contributed by atoms with Crippen LogP contribution < -0.4 is 4.74 Å². The van der Waals surface area contributed by atoms with Crippen LogP contribution in [0.1, 0.15) is 4.88 Å². The number of ether oxygens (including phenoxy) is 1. The highest BCUT2D eigenvalue weighted by molar-refractivity contribution is 7.19. The van der Waals surface area contributed by atoms with E-state index in [1.807, 2.05) is 12.1 Å². The first kappa shape index (κ1) is 12.0. The lowest BCUT2D eigenvalue weighted by Crippen LogP contribution is -1.91. The van der Waals surface area contributed by atoms with Crippen molar-refractivity contribution in [3.8, 4) is 11.5 Å². The van der Waals surface area contributed by atoms with Gasteiger partial charge >= 0.3 is 0 Å². The van der Waals surface area contributed by atoms with Crippen molar-refractivity contribution in [2.24, 2.45) is 0 Å². The Labute approximate surface area is 113 Å². The van der Waals surface area contributed by atoms with Gasteiger partial charge in [-0.25, -0.2) is 4.39 Å². The normalized spacial score (nSPS) is 10.8. The highest BCUT2D eigenvalue weighted by Crippen LogP contribution is 2.29. The van der Waals surface area contributed by atoms with Crippen molar-refractivity contribution in [2.45, 2.75) is 6.61 Å². The van der Waals surface area contributed by atoms with E-state index in [2.05, 4.69) is 0 Å². The van der Waals surface area contributed by atoms with Gasteiger partial charge < -0.3 is 9.84 Å². The van der Waals surface area contributed by atoms with Crippen LogP contribution >= 0.6 is 11.3 Å². The molecule has 19 heavy (non-hydrogen) atoms. The monoisotopic (exact) mass is 274 g/mol. The molecule has 3 aromatic rings. The number of hydrogen-bond donors (Lipinski definition) is 1. The minimum atomic E-state index is -0.196. The van der Waals surface area contributed by atoms with E-state index in [0.29, 0.717) is 17.1 Å². The molecule has 1 aromatic heterocycles. The molecule has 0 aliphatic carbocycles. The number of hydrogen-bond acceptors (Lipinski definition) is 3. The van der Waals surface area contributed by atoms with E-state index in [-0.39, 0.29) is 11.6 Å². The van der Waals surface area contributed by atoms with Crippen molar-refractivity contribution in [3.05, 3.63) is 59.2 Å². The second-order valence-corrected chi connectivity index (χ2v) is 5.29. The van der Waals surface area contributed by atoms with Crippen molar-refractivity contribution in [1.82, 2.24) is 0 Å². The van der Waals surface area contributed by atoms with Crippen molar-refractivity contribution < 1.29 is 14.2 Å². The molecular formula is C15H11FO2S. The van der Waals surface area contributed by atoms with Gasteiger partial charge in [-0.3, -0.25) is 0 Å². The lowest BCUT2D eigenvalue weighted by atomic mass is 10.2. The van der Waals surface area contributed by atoms with E-state index in [4.69, 9.17) is 4.74 Å². The summed E-state index contributed by atoms with van der Waals surface area (Å²) in [7, 11) is 0. The maximum atomic E-state index is 13.5. The van der Waals surface area contributed by atoms with Crippen molar-refractivity contribution in [2.75, 3.05) is 0 Å². The second kappa shape index (κ2) is 4.90. The Morgan fingerprint density at radius 3 is 2.63 bits per heavy atom. The van der Waals surface area contributed by atoms with E-state index < -0.39 is 0 Å². The van der Waals surface area contributed by atoms with Gasteiger partial charge in [-0.2, -0.15) is 0 Å². The number of phenols is 1. The predicted octanol–water partition coefficient (Wildman–Crippen LogP) is 4.33. The molecule has 0 saturated heterocycles. The summed E-state index contributed by atoms with van der Waals surface area (Å²) in [5.41, 5.74) is 0. The highest BCUT2D eigenvalue weighted by atomic mass is 32.1. The third-order valence-corrected chi connectivity index (χ3v) is 3.90. The van der Waals surface area contributed by atoms with Crippen molar-refractivity contribution >= 4 is 21.4 Å². The Balaban J connectivity index is 1.78. The van der Waals surface area contributed by atoms with E-state index in [1.165, 1.54) is 17.4 Å². The van der Waals surface area contributed by atoms with Crippen LogP contribution in [0.3, 0.4) is 0 Å². The summed E-state index contributed by atoms with van der Waals surface area (Å²) in [4.78, 5) is 0.966. The number of thiophene rings is 1. The number of fused-ring (bicyclic) bond motifs is 1. The molecule has 3 rings (SSSR count). The number of aromatic hydroxyl groups is 1. The van der Waals surface area contributed by atoms with Gasteiger partial charge in [0.2, 0.25) is 0 Å². The van der Waals surface area contributed by atoms with Gasteiger partial charge in [-0.15, -0.1) is 11.3 Å². The summed E-state index contributed by atoms with van der Waals surface area (Å²) >= 11 is 1.40. The quantitative estimate of drug-likeness (QED) is 0.770. The predicted molar refractivity (Wildman–Crippen MR) is 74.2 cm³/mol. The Hall–Kier alpha value is -2.07. The standard InChI is InChI=1S/C15H11FO2S/c16-14-3-1-2-10-8-13(19-15(10)14)9-18-12-6-4-11(17)5-7-12/h1-8,17H,9H2. The molecule has 2 aromatic carbocycles. The Bertz CT molecular complexity index is 704. The summed E-state index contributed by atoms with van der Waals surface area (Å²) in [5.74, 6) is 0.686. The van der Waals surface area contributed by atoms with Gasteiger partial charge in [0, 0.05) is 4.88 Å².